The van der Waals surface area contributed by atoms with Gasteiger partial charge in [-0.2, -0.15) is 0 Å². The molecule has 1 aliphatic rings. The van der Waals surface area contributed by atoms with E-state index in [1.165, 1.54) is 11.3 Å². The van der Waals surface area contributed by atoms with Crippen LogP contribution in [0.25, 0.3) is 11.1 Å². The van der Waals surface area contributed by atoms with Gasteiger partial charge in [-0.15, -0.1) is 11.3 Å². The van der Waals surface area contributed by atoms with E-state index in [1.54, 1.807) is 0 Å². The Bertz CT molecular complexity index is 1040. The number of rotatable bonds is 4. The highest BCUT2D eigenvalue weighted by molar-refractivity contribution is 7.13. The first-order valence-corrected chi connectivity index (χ1v) is 11.3. The van der Waals surface area contributed by atoms with Crippen molar-refractivity contribution < 1.29 is 19.4 Å². The standard InChI is InChI=1S/C25H31NO4S/c1-15-20(22(23(27)28)30-24(2,3)4)21(19(31-15)11-12-25(5,6)26)17-9-10-18-16(14-17)8-7-13-29-18/h9-10,14,22H,7-8,13,26H2,1-6H3,(H,27,28). The minimum absolute atomic E-state index is 0.622. The maximum Gasteiger partial charge on any atom is 0.337 e. The molecule has 5 nitrogen and oxygen atoms in total. The van der Waals surface area contributed by atoms with Gasteiger partial charge in [0.05, 0.1) is 22.6 Å². The van der Waals surface area contributed by atoms with Crippen molar-refractivity contribution in [2.75, 3.05) is 6.61 Å². The maximum atomic E-state index is 12.3. The first-order chi connectivity index (χ1) is 14.4. The van der Waals surface area contributed by atoms with Gasteiger partial charge in [0.25, 0.3) is 0 Å². The lowest BCUT2D eigenvalue weighted by Crippen LogP contribution is -2.29. The fraction of sp³-hybridized carbons (Fsp3) is 0.480. The fourth-order valence-electron chi connectivity index (χ4n) is 3.57. The molecule has 1 unspecified atom stereocenters. The van der Waals surface area contributed by atoms with Crippen LogP contribution >= 0.6 is 11.3 Å². The van der Waals surface area contributed by atoms with Crippen LogP contribution < -0.4 is 10.5 Å². The van der Waals surface area contributed by atoms with Crippen LogP contribution in [0.3, 0.4) is 0 Å². The van der Waals surface area contributed by atoms with E-state index in [0.29, 0.717) is 5.56 Å². The van der Waals surface area contributed by atoms with Crippen LogP contribution in [0, 0.1) is 18.8 Å². The summed E-state index contributed by atoms with van der Waals surface area (Å²) in [4.78, 5) is 13.9. The zero-order chi connectivity index (χ0) is 23.0. The van der Waals surface area contributed by atoms with Crippen LogP contribution in [0.2, 0.25) is 0 Å². The highest BCUT2D eigenvalue weighted by atomic mass is 32.1. The topological polar surface area (TPSA) is 81.8 Å². The molecular weight excluding hydrogens is 410 g/mol. The zero-order valence-electron chi connectivity index (χ0n) is 19.1. The Kier molecular flexibility index (Phi) is 6.52. The number of carboxylic acid groups (broad SMARTS) is 1. The Hall–Kier alpha value is -2.33. The van der Waals surface area contributed by atoms with E-state index in [0.717, 1.165) is 51.6 Å². The number of fused-ring (bicyclic) bond motifs is 1. The average molecular weight is 442 g/mol. The number of thiophene rings is 1. The molecule has 1 aromatic carbocycles. The lowest BCUT2D eigenvalue weighted by atomic mass is 9.93. The van der Waals surface area contributed by atoms with Gasteiger partial charge in [0.15, 0.2) is 6.10 Å². The first-order valence-electron chi connectivity index (χ1n) is 10.5. The molecule has 0 bridgehead atoms. The van der Waals surface area contributed by atoms with Crippen LogP contribution in [0.5, 0.6) is 5.75 Å². The van der Waals surface area contributed by atoms with E-state index in [1.807, 2.05) is 53.7 Å². The van der Waals surface area contributed by atoms with E-state index in [2.05, 4.69) is 17.9 Å². The highest BCUT2D eigenvalue weighted by Gasteiger charge is 2.33. The number of carboxylic acids is 1. The normalized spacial score (nSPS) is 14.8. The number of aryl methyl sites for hydroxylation is 2. The van der Waals surface area contributed by atoms with E-state index in [4.69, 9.17) is 15.2 Å². The van der Waals surface area contributed by atoms with Crippen molar-refractivity contribution in [3.05, 3.63) is 39.1 Å². The largest absolute Gasteiger partial charge is 0.493 e. The Morgan fingerprint density at radius 1 is 1.29 bits per heavy atom. The van der Waals surface area contributed by atoms with Gasteiger partial charge in [0, 0.05) is 16.0 Å². The number of hydrogen-bond donors (Lipinski definition) is 2. The maximum absolute atomic E-state index is 12.3. The van der Waals surface area contributed by atoms with Gasteiger partial charge < -0.3 is 20.3 Å². The minimum atomic E-state index is -1.10. The molecule has 0 amide bonds. The summed E-state index contributed by atoms with van der Waals surface area (Å²) in [5.41, 5.74) is 8.33. The number of nitrogens with two attached hydrogens (primary N) is 1. The van der Waals surface area contributed by atoms with Gasteiger partial charge in [0.2, 0.25) is 0 Å². The van der Waals surface area contributed by atoms with E-state index in [-0.39, 0.29) is 0 Å². The second-order valence-corrected chi connectivity index (χ2v) is 10.7. The van der Waals surface area contributed by atoms with Crippen molar-refractivity contribution in [3.8, 4) is 28.7 Å². The molecule has 166 valence electrons. The molecule has 0 saturated carbocycles. The molecule has 0 fully saturated rings. The molecule has 3 rings (SSSR count). The molecule has 2 heterocycles. The Morgan fingerprint density at radius 2 is 2.00 bits per heavy atom. The monoisotopic (exact) mass is 441 g/mol. The SMILES string of the molecule is Cc1sc(C#CC(C)(C)N)c(-c2ccc3c(c2)CCCO3)c1C(OC(C)(C)C)C(=O)O. The molecule has 1 atom stereocenters. The molecule has 0 aliphatic carbocycles. The Labute approximate surface area is 188 Å². The Balaban J connectivity index is 2.25. The minimum Gasteiger partial charge on any atom is -0.493 e. The molecule has 3 N–H and O–H groups in total. The predicted octanol–water partition coefficient (Wildman–Crippen LogP) is 5.08. The van der Waals surface area contributed by atoms with Crippen LogP contribution in [-0.2, 0) is 16.0 Å². The van der Waals surface area contributed by atoms with Gasteiger partial charge in [-0.25, -0.2) is 4.79 Å². The van der Waals surface area contributed by atoms with Crippen molar-refractivity contribution in [1.82, 2.24) is 0 Å². The molecule has 0 radical (unpaired) electrons. The second kappa shape index (κ2) is 8.66. The summed E-state index contributed by atoms with van der Waals surface area (Å²) in [5, 5.41) is 10.0. The van der Waals surface area contributed by atoms with Crippen LogP contribution in [0.4, 0.5) is 0 Å². The average Bonchev–Trinajstić information content (AvgIpc) is 2.98. The van der Waals surface area contributed by atoms with Gasteiger partial charge in [0.1, 0.15) is 5.75 Å². The summed E-state index contributed by atoms with van der Waals surface area (Å²) in [7, 11) is 0. The van der Waals surface area contributed by atoms with Gasteiger partial charge >= 0.3 is 5.97 Å². The molecule has 1 aliphatic heterocycles. The summed E-state index contributed by atoms with van der Waals surface area (Å²) < 4.78 is 11.8. The predicted molar refractivity (Wildman–Crippen MR) is 125 cm³/mol. The molecule has 1 aromatic heterocycles. The summed E-state index contributed by atoms with van der Waals surface area (Å²) in [6.07, 6.45) is 0.796. The zero-order valence-corrected chi connectivity index (χ0v) is 19.9. The molecule has 6 heteroatoms. The highest BCUT2D eigenvalue weighted by Crippen LogP contribution is 2.43. The third kappa shape index (κ3) is 5.68. The third-order valence-corrected chi connectivity index (χ3v) is 5.82. The lowest BCUT2D eigenvalue weighted by Gasteiger charge is -2.26. The third-order valence-electron chi connectivity index (χ3n) is 4.78. The first kappa shape index (κ1) is 23.3. The second-order valence-electron chi connectivity index (χ2n) is 9.47. The van der Waals surface area contributed by atoms with E-state index < -0.39 is 23.2 Å². The smallest absolute Gasteiger partial charge is 0.337 e. The van der Waals surface area contributed by atoms with E-state index >= 15 is 0 Å². The van der Waals surface area contributed by atoms with Gasteiger partial charge in [-0.1, -0.05) is 17.9 Å². The fourth-order valence-corrected chi connectivity index (χ4v) is 4.63. The van der Waals surface area contributed by atoms with Crippen LogP contribution in [-0.4, -0.2) is 28.8 Å². The number of benzene rings is 1. The van der Waals surface area contributed by atoms with Crippen molar-refractivity contribution >= 4 is 17.3 Å². The molecular formula is C25H31NO4S. The van der Waals surface area contributed by atoms with Gasteiger partial charge in [-0.05, 0) is 77.6 Å². The van der Waals surface area contributed by atoms with Crippen molar-refractivity contribution in [1.29, 1.82) is 0 Å². The van der Waals surface area contributed by atoms with Gasteiger partial charge in [-0.3, -0.25) is 0 Å². The molecule has 31 heavy (non-hydrogen) atoms. The number of hydrogen-bond acceptors (Lipinski definition) is 5. The van der Waals surface area contributed by atoms with E-state index in [9.17, 15) is 9.90 Å². The molecule has 0 spiro atoms. The van der Waals surface area contributed by atoms with Crippen LogP contribution in [0.15, 0.2) is 18.2 Å². The van der Waals surface area contributed by atoms with Crippen molar-refractivity contribution in [2.45, 2.75) is 71.6 Å². The number of carbonyl (C=O) groups is 1. The summed E-state index contributed by atoms with van der Waals surface area (Å²) in [5.74, 6) is 6.18. The lowest BCUT2D eigenvalue weighted by molar-refractivity contribution is -0.160. The molecule has 0 saturated heterocycles. The van der Waals surface area contributed by atoms with Crippen molar-refractivity contribution in [3.63, 3.8) is 0 Å². The summed E-state index contributed by atoms with van der Waals surface area (Å²) >= 11 is 1.48. The van der Waals surface area contributed by atoms with Crippen LogP contribution in [0.1, 0.15) is 68.0 Å². The quantitative estimate of drug-likeness (QED) is 0.647. The summed E-state index contributed by atoms with van der Waals surface area (Å²) in [6, 6.07) is 6.03. The number of ether oxygens (including phenoxy) is 2. The number of aliphatic carboxylic acids is 1. The summed E-state index contributed by atoms with van der Waals surface area (Å²) in [6.45, 7) is 11.9. The van der Waals surface area contributed by atoms with Crippen molar-refractivity contribution in [2.24, 2.45) is 5.73 Å². The Morgan fingerprint density at radius 3 is 2.61 bits per heavy atom. The molecule has 2 aromatic rings.